The van der Waals surface area contributed by atoms with Gasteiger partial charge in [0.25, 0.3) is 0 Å². The van der Waals surface area contributed by atoms with Crippen molar-refractivity contribution in [2.24, 2.45) is 16.7 Å². The van der Waals surface area contributed by atoms with Gasteiger partial charge in [0.2, 0.25) is 5.91 Å². The molecule has 11 atom stereocenters. The number of Topliss-reactive ketones (excluding diaryl/α,β-unsaturated/α-hetero) is 1. The lowest BCUT2D eigenvalue weighted by Crippen LogP contribution is -2.82. The number of hydrogen-bond donors (Lipinski definition) is 4. The lowest BCUT2D eigenvalue weighted by molar-refractivity contribution is -0.346. The number of ketones is 1. The molecule has 2 aromatic carbocycles. The molecule has 2 aromatic rings. The number of aliphatic hydroxyl groups is 3. The van der Waals surface area contributed by atoms with Gasteiger partial charge in [-0.25, -0.2) is 9.59 Å². The minimum absolute atomic E-state index is 0.00996. The minimum Gasteiger partial charge on any atom is -0.456 e. The number of benzene rings is 2. The molecule has 1 unspecified atom stereocenters. The van der Waals surface area contributed by atoms with Crippen molar-refractivity contribution in [3.8, 4) is 0 Å². The zero-order valence-electron chi connectivity index (χ0n) is 34.3. The Morgan fingerprint density at radius 1 is 0.932 bits per heavy atom. The van der Waals surface area contributed by atoms with Crippen LogP contribution in [0.15, 0.2) is 71.8 Å². The second kappa shape index (κ2) is 16.2. The zero-order chi connectivity index (χ0) is 43.2. The van der Waals surface area contributed by atoms with Crippen molar-refractivity contribution in [2.45, 2.75) is 128 Å². The number of aliphatic hydroxyl groups excluding tert-OH is 2. The van der Waals surface area contributed by atoms with Crippen LogP contribution >= 0.6 is 0 Å². The largest absolute Gasteiger partial charge is 0.456 e. The maximum Gasteiger partial charge on any atom is 0.338 e. The third-order valence-corrected chi connectivity index (χ3v) is 13.0. The van der Waals surface area contributed by atoms with E-state index in [0.29, 0.717) is 12.0 Å². The summed E-state index contributed by atoms with van der Waals surface area (Å²) in [6.07, 6.45) is -9.72. The third kappa shape index (κ3) is 7.36. The molecule has 3 fully saturated rings. The van der Waals surface area contributed by atoms with Crippen LogP contribution in [0.1, 0.15) is 96.1 Å². The average molecular weight is 820 g/mol. The van der Waals surface area contributed by atoms with E-state index >= 15 is 4.79 Å². The van der Waals surface area contributed by atoms with Crippen LogP contribution in [0.3, 0.4) is 0 Å². The zero-order valence-corrected chi connectivity index (χ0v) is 34.3. The normalized spacial score (nSPS) is 32.9. The summed E-state index contributed by atoms with van der Waals surface area (Å²) in [6.45, 7) is 9.81. The molecule has 6 rings (SSSR count). The van der Waals surface area contributed by atoms with Crippen molar-refractivity contribution >= 4 is 35.6 Å². The first-order valence-electron chi connectivity index (χ1n) is 19.9. The maximum absolute atomic E-state index is 15.4. The monoisotopic (exact) mass is 819 g/mol. The van der Waals surface area contributed by atoms with Crippen LogP contribution < -0.4 is 5.32 Å². The number of fused-ring (bicyclic) bond motifs is 5. The molecule has 0 spiro atoms. The number of carbonyl (C=O) groups excluding carboxylic acids is 6. The second-order valence-electron chi connectivity index (χ2n) is 16.8. The average Bonchev–Trinajstić information content (AvgIpc) is 3.18. The molecule has 15 heteroatoms. The summed E-state index contributed by atoms with van der Waals surface area (Å²) in [5, 5.41) is 39.9. The summed E-state index contributed by atoms with van der Waals surface area (Å²) in [7, 11) is 0. The van der Waals surface area contributed by atoms with Crippen LogP contribution in [0.4, 0.5) is 0 Å². The molecular weight excluding hydrogens is 766 g/mol. The Hall–Kier alpha value is -4.96. The maximum atomic E-state index is 15.4. The molecule has 4 N–H and O–H groups in total. The standard InChI is InChI=1S/C44H53NO14/c1-8-15-31(49)45-33(26-16-11-9-12-17-26)34(50)40(53)57-28-21-44(54)38(58-39(52)27-18-13-10-14-19-27)36-42(7,29(48)20-30-43(36,22-55-30)59-25(4)47)37(51)35(56-24(3)46)32(23(28)2)41(44,5)6/h9-14,16-19,28-30,33-36,38,48,50,54H,8,15,20-22H2,1-7H3,(H,45,49)/t28-,29-,30+,33-,34+,35+,36?,38-,42+,43-,44-/m0/s1. The van der Waals surface area contributed by atoms with E-state index in [9.17, 15) is 39.3 Å². The number of carbonyl (C=O) groups is 6. The number of hydrogen-bond acceptors (Lipinski definition) is 14. The highest BCUT2D eigenvalue weighted by Crippen LogP contribution is 2.64. The van der Waals surface area contributed by atoms with Crippen molar-refractivity contribution < 1.29 is 67.8 Å². The van der Waals surface area contributed by atoms with E-state index in [-0.39, 0.29) is 36.2 Å². The van der Waals surface area contributed by atoms with Gasteiger partial charge < -0.3 is 44.3 Å². The first-order chi connectivity index (χ1) is 27.7. The molecule has 1 aliphatic heterocycles. The van der Waals surface area contributed by atoms with Gasteiger partial charge in [-0.3, -0.25) is 19.2 Å². The highest BCUT2D eigenvalue weighted by molar-refractivity contribution is 5.95. The van der Waals surface area contributed by atoms with Crippen molar-refractivity contribution in [3.63, 3.8) is 0 Å². The fourth-order valence-electron chi connectivity index (χ4n) is 9.84. The van der Waals surface area contributed by atoms with E-state index < -0.39 is 113 Å². The van der Waals surface area contributed by atoms with Gasteiger partial charge in [0.05, 0.1) is 35.6 Å². The van der Waals surface area contributed by atoms with Gasteiger partial charge in [0.15, 0.2) is 23.6 Å². The summed E-state index contributed by atoms with van der Waals surface area (Å²) < 4.78 is 30.2. The van der Waals surface area contributed by atoms with Gasteiger partial charge in [-0.1, -0.05) is 69.3 Å². The molecule has 2 bridgehead atoms. The highest BCUT2D eigenvalue weighted by Gasteiger charge is 2.78. The Morgan fingerprint density at radius 3 is 2.12 bits per heavy atom. The number of amides is 1. The first kappa shape index (κ1) is 43.6. The fourth-order valence-corrected chi connectivity index (χ4v) is 9.84. The molecule has 1 amide bonds. The van der Waals surface area contributed by atoms with Gasteiger partial charge in [0.1, 0.15) is 23.9 Å². The van der Waals surface area contributed by atoms with Gasteiger partial charge in [-0.2, -0.15) is 0 Å². The van der Waals surface area contributed by atoms with Crippen LogP contribution in [-0.2, 0) is 47.7 Å². The Balaban J connectivity index is 1.55. The van der Waals surface area contributed by atoms with Crippen molar-refractivity contribution in [3.05, 3.63) is 82.9 Å². The summed E-state index contributed by atoms with van der Waals surface area (Å²) in [6, 6.07) is 14.9. The fraction of sp³-hybridized carbons (Fsp3) is 0.545. The summed E-state index contributed by atoms with van der Waals surface area (Å²) in [5.41, 5.74) is -7.13. The molecule has 4 aliphatic rings. The number of esters is 4. The first-order valence-corrected chi connectivity index (χ1v) is 19.9. The smallest absolute Gasteiger partial charge is 0.338 e. The van der Waals surface area contributed by atoms with E-state index in [1.165, 1.54) is 26.0 Å². The number of rotatable bonds is 11. The molecule has 318 valence electrons. The van der Waals surface area contributed by atoms with Crippen molar-refractivity contribution in [1.82, 2.24) is 5.32 Å². The molecule has 59 heavy (non-hydrogen) atoms. The van der Waals surface area contributed by atoms with E-state index in [4.69, 9.17) is 23.7 Å². The van der Waals surface area contributed by atoms with Gasteiger partial charge >= 0.3 is 23.9 Å². The molecule has 1 heterocycles. The Labute approximate surface area is 342 Å². The van der Waals surface area contributed by atoms with Crippen LogP contribution in [-0.4, -0.2) is 105 Å². The lowest BCUT2D eigenvalue weighted by Gasteiger charge is -2.67. The quantitative estimate of drug-likeness (QED) is 0.145. The summed E-state index contributed by atoms with van der Waals surface area (Å²) >= 11 is 0. The summed E-state index contributed by atoms with van der Waals surface area (Å²) in [4.78, 5) is 82.5. The Kier molecular flexibility index (Phi) is 12.0. The van der Waals surface area contributed by atoms with Crippen LogP contribution in [0.25, 0.3) is 0 Å². The van der Waals surface area contributed by atoms with E-state index in [0.717, 1.165) is 13.8 Å². The lowest BCUT2D eigenvalue weighted by atomic mass is 9.44. The molecule has 1 saturated heterocycles. The molecule has 0 aromatic heterocycles. The topological polar surface area (TPSA) is 221 Å². The van der Waals surface area contributed by atoms with Gasteiger partial charge in [-0.15, -0.1) is 0 Å². The molecule has 2 saturated carbocycles. The van der Waals surface area contributed by atoms with E-state index in [1.54, 1.807) is 69.3 Å². The minimum atomic E-state index is -2.37. The third-order valence-electron chi connectivity index (χ3n) is 13.0. The van der Waals surface area contributed by atoms with E-state index in [2.05, 4.69) is 5.32 Å². The predicted octanol–water partition coefficient (Wildman–Crippen LogP) is 3.22. The molecule has 15 nitrogen and oxygen atoms in total. The van der Waals surface area contributed by atoms with E-state index in [1.807, 2.05) is 0 Å². The second-order valence-corrected chi connectivity index (χ2v) is 16.8. The molecule has 3 aliphatic carbocycles. The number of nitrogens with one attached hydrogen (secondary N) is 1. The van der Waals surface area contributed by atoms with Crippen molar-refractivity contribution in [1.29, 1.82) is 0 Å². The predicted molar refractivity (Wildman–Crippen MR) is 207 cm³/mol. The van der Waals surface area contributed by atoms with Crippen molar-refractivity contribution in [2.75, 3.05) is 6.61 Å². The molecule has 0 radical (unpaired) electrons. The Morgan fingerprint density at radius 2 is 1.56 bits per heavy atom. The van der Waals surface area contributed by atoms with Gasteiger partial charge in [-0.05, 0) is 49.1 Å². The SMILES string of the molecule is CCCC(=O)N[C@@H](c1ccccc1)[C@@H](O)C(=O)O[C@H]1C[C@]2(O)[C@@H](OC(=O)c3ccccc3)C3[C@](C)(C(=O)[C@H](OC(C)=O)C(=C1C)C2(C)C)[C@@H](O)C[C@H]1OC[C@@]31OC(C)=O. The Bertz CT molecular complexity index is 2020. The summed E-state index contributed by atoms with van der Waals surface area (Å²) in [5.74, 6) is -6.60. The number of ether oxygens (including phenoxy) is 5. The molecular formula is C44H53NO14. The van der Waals surface area contributed by atoms with Crippen LogP contribution in [0, 0.1) is 16.7 Å². The van der Waals surface area contributed by atoms with Crippen LogP contribution in [0.2, 0.25) is 0 Å². The highest BCUT2D eigenvalue weighted by atomic mass is 16.6. The van der Waals surface area contributed by atoms with Gasteiger partial charge in [0, 0.05) is 38.5 Å². The van der Waals surface area contributed by atoms with Crippen LogP contribution in [0.5, 0.6) is 0 Å².